The average molecular weight is 279 g/mol. The van der Waals surface area contributed by atoms with E-state index in [0.717, 1.165) is 4.90 Å². The number of carboxylic acid groups (broad SMARTS) is 1. The molecule has 1 saturated heterocycles. The van der Waals surface area contributed by atoms with E-state index < -0.39 is 24.4 Å². The molecule has 1 aliphatic heterocycles. The number of hydrogen-bond acceptors (Lipinski definition) is 5. The minimum absolute atomic E-state index is 0.109. The van der Waals surface area contributed by atoms with E-state index in [2.05, 4.69) is 9.97 Å². The average Bonchev–Trinajstić information content (AvgIpc) is 2.57. The van der Waals surface area contributed by atoms with Crippen molar-refractivity contribution in [2.24, 2.45) is 0 Å². The highest BCUT2D eigenvalue weighted by molar-refractivity contribution is 6.61. The smallest absolute Gasteiger partial charge is 0.465 e. The number of nitrogens with zero attached hydrogens (tertiary/aromatic N) is 3. The Kier molecular flexibility index (Phi) is 3.47. The Morgan fingerprint density at radius 3 is 2.05 bits per heavy atom. The van der Waals surface area contributed by atoms with Crippen molar-refractivity contribution in [3.05, 3.63) is 12.4 Å². The highest BCUT2D eigenvalue weighted by Gasteiger charge is 2.51. The second-order valence-corrected chi connectivity index (χ2v) is 5.75. The first-order chi connectivity index (χ1) is 9.14. The number of hydrogen-bond donors (Lipinski definition) is 1. The summed E-state index contributed by atoms with van der Waals surface area (Å²) in [6, 6.07) is 0. The Hall–Kier alpha value is -1.67. The summed E-state index contributed by atoms with van der Waals surface area (Å²) in [6.45, 7) is 7.84. The van der Waals surface area contributed by atoms with E-state index in [-0.39, 0.29) is 5.95 Å². The molecule has 7 nitrogen and oxygen atoms in total. The zero-order valence-corrected chi connectivity index (χ0v) is 12.2. The van der Waals surface area contributed by atoms with Crippen LogP contribution in [-0.4, -0.2) is 46.5 Å². The van der Waals surface area contributed by atoms with Gasteiger partial charge in [-0.1, -0.05) is 0 Å². The van der Waals surface area contributed by atoms with Crippen LogP contribution in [0.5, 0.6) is 0 Å². The minimum atomic E-state index is -1.12. The van der Waals surface area contributed by atoms with Crippen molar-refractivity contribution in [2.75, 3.05) is 11.9 Å². The maximum absolute atomic E-state index is 10.8. The first-order valence-corrected chi connectivity index (χ1v) is 6.28. The van der Waals surface area contributed by atoms with Crippen molar-refractivity contribution < 1.29 is 19.2 Å². The normalized spacial score (nSPS) is 19.9. The molecule has 0 aromatic carbocycles. The van der Waals surface area contributed by atoms with Crippen LogP contribution in [-0.2, 0) is 9.31 Å². The highest BCUT2D eigenvalue weighted by Crippen LogP contribution is 2.36. The Morgan fingerprint density at radius 1 is 1.20 bits per heavy atom. The summed E-state index contributed by atoms with van der Waals surface area (Å²) in [5.74, 6) is 0.109. The Bertz CT molecular complexity index is 502. The molecular formula is C12H18BN3O4. The SMILES string of the molecule is CN(C(=O)O)c1ncc(B2OC(C)(C)C(C)(C)O2)cn1. The van der Waals surface area contributed by atoms with Gasteiger partial charge in [0.05, 0.1) is 11.2 Å². The van der Waals surface area contributed by atoms with Gasteiger partial charge >= 0.3 is 13.2 Å². The molecule has 2 heterocycles. The molecule has 0 atom stereocenters. The summed E-state index contributed by atoms with van der Waals surface area (Å²) in [6.07, 6.45) is 1.92. The molecule has 20 heavy (non-hydrogen) atoms. The summed E-state index contributed by atoms with van der Waals surface area (Å²) < 4.78 is 11.7. The topological polar surface area (TPSA) is 84.8 Å². The maximum Gasteiger partial charge on any atom is 0.498 e. The van der Waals surface area contributed by atoms with E-state index in [1.165, 1.54) is 19.4 Å². The van der Waals surface area contributed by atoms with Gasteiger partial charge in [-0.25, -0.2) is 19.7 Å². The molecule has 1 fully saturated rings. The van der Waals surface area contributed by atoms with Gasteiger partial charge in [0.15, 0.2) is 0 Å². The van der Waals surface area contributed by atoms with Crippen LogP contribution >= 0.6 is 0 Å². The van der Waals surface area contributed by atoms with Gasteiger partial charge in [-0.05, 0) is 27.7 Å². The molecule has 1 aliphatic rings. The first kappa shape index (κ1) is 14.7. The van der Waals surface area contributed by atoms with Gasteiger partial charge in [0.1, 0.15) is 0 Å². The van der Waals surface area contributed by atoms with Crippen LogP contribution in [0.2, 0.25) is 0 Å². The van der Waals surface area contributed by atoms with E-state index in [1.807, 2.05) is 27.7 Å². The molecule has 0 unspecified atom stereocenters. The monoisotopic (exact) mass is 279 g/mol. The summed E-state index contributed by atoms with van der Waals surface area (Å²) in [5, 5.41) is 8.85. The van der Waals surface area contributed by atoms with Crippen LogP contribution in [0.15, 0.2) is 12.4 Å². The quantitative estimate of drug-likeness (QED) is 0.809. The van der Waals surface area contributed by atoms with Gasteiger partial charge in [0.25, 0.3) is 0 Å². The molecule has 0 spiro atoms. The Labute approximate surface area is 118 Å². The van der Waals surface area contributed by atoms with Crippen molar-refractivity contribution in [2.45, 2.75) is 38.9 Å². The van der Waals surface area contributed by atoms with Crippen LogP contribution in [0.25, 0.3) is 0 Å². The molecule has 1 aromatic rings. The van der Waals surface area contributed by atoms with Gasteiger partial charge in [-0.2, -0.15) is 0 Å². The molecule has 1 aromatic heterocycles. The molecular weight excluding hydrogens is 261 g/mol. The Morgan fingerprint density at radius 2 is 1.65 bits per heavy atom. The molecule has 0 bridgehead atoms. The second-order valence-electron chi connectivity index (χ2n) is 5.75. The molecule has 8 heteroatoms. The largest absolute Gasteiger partial charge is 0.498 e. The summed E-state index contributed by atoms with van der Waals surface area (Å²) >= 11 is 0. The lowest BCUT2D eigenvalue weighted by atomic mass is 9.81. The third-order valence-corrected chi connectivity index (χ3v) is 3.77. The summed E-state index contributed by atoms with van der Waals surface area (Å²) in [7, 11) is 0.829. The van der Waals surface area contributed by atoms with Crippen LogP contribution in [0.1, 0.15) is 27.7 Å². The van der Waals surface area contributed by atoms with E-state index in [0.29, 0.717) is 5.46 Å². The maximum atomic E-state index is 10.8. The second kappa shape index (κ2) is 4.71. The van der Waals surface area contributed by atoms with Crippen molar-refractivity contribution >= 4 is 24.6 Å². The summed E-state index contributed by atoms with van der Waals surface area (Å²) in [4.78, 5) is 19.8. The molecule has 2 rings (SSSR count). The van der Waals surface area contributed by atoms with E-state index in [1.54, 1.807) is 0 Å². The third kappa shape index (κ3) is 2.48. The molecule has 0 saturated carbocycles. The van der Waals surface area contributed by atoms with Gasteiger partial charge in [0, 0.05) is 24.9 Å². The number of carbonyl (C=O) groups is 1. The standard InChI is InChI=1S/C12H18BN3O4/c1-11(2)12(3,4)20-13(19-11)8-6-14-9(15-7-8)16(5)10(17)18/h6-7H,1-5H3,(H,17,18). The van der Waals surface area contributed by atoms with Crippen molar-refractivity contribution in [1.29, 1.82) is 0 Å². The molecule has 108 valence electrons. The van der Waals surface area contributed by atoms with Gasteiger partial charge < -0.3 is 14.4 Å². The molecule has 1 amide bonds. The number of aromatic nitrogens is 2. The van der Waals surface area contributed by atoms with Crippen LogP contribution in [0.4, 0.5) is 10.7 Å². The zero-order chi connectivity index (χ0) is 15.1. The van der Waals surface area contributed by atoms with Gasteiger partial charge in [-0.3, -0.25) is 0 Å². The van der Waals surface area contributed by atoms with Crippen molar-refractivity contribution in [3.63, 3.8) is 0 Å². The van der Waals surface area contributed by atoms with Gasteiger partial charge in [0.2, 0.25) is 5.95 Å². The first-order valence-electron chi connectivity index (χ1n) is 6.28. The van der Waals surface area contributed by atoms with Crippen LogP contribution in [0.3, 0.4) is 0 Å². The third-order valence-electron chi connectivity index (χ3n) is 3.77. The van der Waals surface area contributed by atoms with E-state index in [9.17, 15) is 4.79 Å². The van der Waals surface area contributed by atoms with Crippen LogP contribution < -0.4 is 10.4 Å². The molecule has 1 N–H and O–H groups in total. The fourth-order valence-electron chi connectivity index (χ4n) is 1.69. The number of rotatable bonds is 2. The van der Waals surface area contributed by atoms with Crippen molar-refractivity contribution in [1.82, 2.24) is 9.97 Å². The van der Waals surface area contributed by atoms with E-state index in [4.69, 9.17) is 14.4 Å². The number of amides is 1. The lowest BCUT2D eigenvalue weighted by molar-refractivity contribution is 0.00578. The predicted molar refractivity (Wildman–Crippen MR) is 74.2 cm³/mol. The highest BCUT2D eigenvalue weighted by atomic mass is 16.7. The van der Waals surface area contributed by atoms with Crippen molar-refractivity contribution in [3.8, 4) is 0 Å². The fraction of sp³-hybridized carbons (Fsp3) is 0.583. The van der Waals surface area contributed by atoms with E-state index >= 15 is 0 Å². The van der Waals surface area contributed by atoms with Crippen LogP contribution in [0, 0.1) is 0 Å². The zero-order valence-electron chi connectivity index (χ0n) is 12.2. The lowest BCUT2D eigenvalue weighted by Crippen LogP contribution is -2.41. The lowest BCUT2D eigenvalue weighted by Gasteiger charge is -2.32. The molecule has 0 radical (unpaired) electrons. The molecule has 0 aliphatic carbocycles. The summed E-state index contributed by atoms with van der Waals surface area (Å²) in [5.41, 5.74) is -0.214. The Balaban J connectivity index is 2.18. The fourth-order valence-corrected chi connectivity index (χ4v) is 1.69. The number of anilines is 1. The predicted octanol–water partition coefficient (Wildman–Crippen LogP) is 0.890. The van der Waals surface area contributed by atoms with Gasteiger partial charge in [-0.15, -0.1) is 0 Å². The minimum Gasteiger partial charge on any atom is -0.465 e.